The Balaban J connectivity index is 1.55. The number of aryl methyl sites for hydroxylation is 1. The van der Waals surface area contributed by atoms with Crippen LogP contribution in [0.25, 0.3) is 11.4 Å². The van der Waals surface area contributed by atoms with Gasteiger partial charge in [0.05, 0.1) is 11.1 Å². The fourth-order valence-electron chi connectivity index (χ4n) is 2.44. The van der Waals surface area contributed by atoms with Crippen LogP contribution in [0.15, 0.2) is 47.0 Å². The zero-order valence-electron chi connectivity index (χ0n) is 15.4. The van der Waals surface area contributed by atoms with Crippen molar-refractivity contribution in [1.29, 1.82) is 0 Å². The van der Waals surface area contributed by atoms with Crippen molar-refractivity contribution in [3.05, 3.63) is 59.2 Å². The van der Waals surface area contributed by atoms with E-state index in [2.05, 4.69) is 15.5 Å². The normalized spacial score (nSPS) is 10.9. The first-order chi connectivity index (χ1) is 13.4. The zero-order chi connectivity index (χ0) is 20.1. The van der Waals surface area contributed by atoms with Gasteiger partial charge in [-0.05, 0) is 56.3 Å². The molecule has 0 aliphatic heterocycles. The van der Waals surface area contributed by atoms with Crippen molar-refractivity contribution < 1.29 is 18.4 Å². The third kappa shape index (κ3) is 5.29. The Kier molecular flexibility index (Phi) is 6.26. The second kappa shape index (κ2) is 8.84. The second-order valence-corrected chi connectivity index (χ2v) is 6.79. The van der Waals surface area contributed by atoms with Gasteiger partial charge in [-0.25, -0.2) is 4.39 Å². The molecule has 0 saturated carbocycles. The molecule has 28 heavy (non-hydrogen) atoms. The summed E-state index contributed by atoms with van der Waals surface area (Å²) in [6, 6.07) is 10.8. The molecule has 0 unspecified atom stereocenters. The Morgan fingerprint density at radius 1 is 1.25 bits per heavy atom. The van der Waals surface area contributed by atoms with Gasteiger partial charge >= 0.3 is 0 Å². The summed E-state index contributed by atoms with van der Waals surface area (Å²) in [6.07, 6.45) is 0.446. The molecule has 8 heteroatoms. The molecular formula is C20H19ClFN3O3. The van der Waals surface area contributed by atoms with Gasteiger partial charge in [-0.15, -0.1) is 0 Å². The molecule has 6 nitrogen and oxygen atoms in total. The van der Waals surface area contributed by atoms with Crippen molar-refractivity contribution in [1.82, 2.24) is 10.1 Å². The van der Waals surface area contributed by atoms with E-state index in [1.54, 1.807) is 30.3 Å². The predicted octanol–water partition coefficient (Wildman–Crippen LogP) is 4.89. The van der Waals surface area contributed by atoms with Crippen molar-refractivity contribution in [2.75, 3.05) is 5.32 Å². The maximum absolute atomic E-state index is 13.0. The lowest BCUT2D eigenvalue weighted by atomic mass is 10.2. The van der Waals surface area contributed by atoms with Crippen molar-refractivity contribution in [2.24, 2.45) is 0 Å². The summed E-state index contributed by atoms with van der Waals surface area (Å²) in [4.78, 5) is 16.4. The average Bonchev–Trinajstić information content (AvgIpc) is 3.12. The lowest BCUT2D eigenvalue weighted by Gasteiger charge is -2.12. The van der Waals surface area contributed by atoms with Crippen LogP contribution in [0, 0.1) is 5.82 Å². The summed E-state index contributed by atoms with van der Waals surface area (Å²) in [5, 5.41) is 7.04. The molecule has 1 N–H and O–H groups in total. The Morgan fingerprint density at radius 2 is 2.00 bits per heavy atom. The van der Waals surface area contributed by atoms with Gasteiger partial charge in [-0.1, -0.05) is 16.8 Å². The highest BCUT2D eigenvalue weighted by molar-refractivity contribution is 6.32. The quantitative estimate of drug-likeness (QED) is 0.607. The van der Waals surface area contributed by atoms with Crippen molar-refractivity contribution >= 4 is 23.2 Å². The molecule has 0 radical (unpaired) electrons. The van der Waals surface area contributed by atoms with E-state index in [9.17, 15) is 9.18 Å². The summed E-state index contributed by atoms with van der Waals surface area (Å²) in [7, 11) is 0. The topological polar surface area (TPSA) is 77.2 Å². The van der Waals surface area contributed by atoms with Crippen LogP contribution in [0.4, 0.5) is 10.1 Å². The molecule has 0 atom stereocenters. The summed E-state index contributed by atoms with van der Waals surface area (Å²) in [6.45, 7) is 3.82. The zero-order valence-corrected chi connectivity index (χ0v) is 16.2. The lowest BCUT2D eigenvalue weighted by Crippen LogP contribution is -2.12. The number of benzene rings is 2. The third-order valence-electron chi connectivity index (χ3n) is 3.71. The highest BCUT2D eigenvalue weighted by Gasteiger charge is 2.12. The molecule has 0 spiro atoms. The number of rotatable bonds is 7. The Hall–Kier alpha value is -2.93. The van der Waals surface area contributed by atoms with Gasteiger partial charge in [0.15, 0.2) is 0 Å². The van der Waals surface area contributed by atoms with Crippen molar-refractivity contribution in [2.45, 2.75) is 32.8 Å². The molecule has 0 aliphatic rings. The highest BCUT2D eigenvalue weighted by Crippen LogP contribution is 2.28. The molecule has 0 fully saturated rings. The average molecular weight is 404 g/mol. The first-order valence-corrected chi connectivity index (χ1v) is 9.13. The number of hydrogen-bond donors (Lipinski definition) is 1. The number of halogens is 2. The van der Waals surface area contributed by atoms with E-state index in [-0.39, 0.29) is 30.7 Å². The largest absolute Gasteiger partial charge is 0.489 e. The molecule has 1 aromatic heterocycles. The number of carbonyl (C=O) groups is 1. The molecule has 1 heterocycles. The summed E-state index contributed by atoms with van der Waals surface area (Å²) < 4.78 is 23.7. The first-order valence-electron chi connectivity index (χ1n) is 8.75. The van der Waals surface area contributed by atoms with Gasteiger partial charge in [0, 0.05) is 24.1 Å². The first kappa shape index (κ1) is 19.8. The Labute approximate surface area is 166 Å². The molecule has 1 amide bonds. The van der Waals surface area contributed by atoms with Crippen LogP contribution in [-0.2, 0) is 11.2 Å². The maximum atomic E-state index is 13.0. The van der Waals surface area contributed by atoms with Crippen LogP contribution in [-0.4, -0.2) is 22.2 Å². The van der Waals surface area contributed by atoms with E-state index in [1.165, 1.54) is 12.1 Å². The summed E-state index contributed by atoms with van der Waals surface area (Å²) >= 11 is 6.17. The van der Waals surface area contributed by atoms with Crippen LogP contribution in [0.2, 0.25) is 5.02 Å². The van der Waals surface area contributed by atoms with Crippen LogP contribution in [0.5, 0.6) is 5.75 Å². The minimum Gasteiger partial charge on any atom is -0.489 e. The molecular weight excluding hydrogens is 385 g/mol. The number of carbonyl (C=O) groups excluding carboxylic acids is 1. The standard InChI is InChI=1S/C20H19ClFN3O3/c1-12(2)27-17-8-7-15(11-16(17)21)23-18(26)9-10-19-24-20(25-28-19)13-3-5-14(22)6-4-13/h3-8,11-12H,9-10H2,1-2H3,(H,23,26). The van der Waals surface area contributed by atoms with E-state index in [0.29, 0.717) is 33.7 Å². The smallest absolute Gasteiger partial charge is 0.227 e. The van der Waals surface area contributed by atoms with E-state index in [0.717, 1.165) is 0 Å². The molecule has 0 bridgehead atoms. The lowest BCUT2D eigenvalue weighted by molar-refractivity contribution is -0.116. The maximum Gasteiger partial charge on any atom is 0.227 e. The Bertz CT molecular complexity index is 958. The van der Waals surface area contributed by atoms with E-state index in [4.69, 9.17) is 20.9 Å². The number of ether oxygens (including phenoxy) is 1. The van der Waals surface area contributed by atoms with E-state index < -0.39 is 0 Å². The molecule has 2 aromatic carbocycles. The van der Waals surface area contributed by atoms with Gasteiger partial charge in [0.25, 0.3) is 0 Å². The fraction of sp³-hybridized carbons (Fsp3) is 0.250. The molecule has 0 aliphatic carbocycles. The van der Waals surface area contributed by atoms with Gasteiger partial charge in [0.2, 0.25) is 17.6 Å². The number of amides is 1. The molecule has 146 valence electrons. The Morgan fingerprint density at radius 3 is 2.68 bits per heavy atom. The molecule has 0 saturated heterocycles. The number of aromatic nitrogens is 2. The minimum absolute atomic E-state index is 0.00662. The highest BCUT2D eigenvalue weighted by atomic mass is 35.5. The van der Waals surface area contributed by atoms with Crippen LogP contribution in [0.1, 0.15) is 26.2 Å². The van der Waals surface area contributed by atoms with Gasteiger partial charge in [0.1, 0.15) is 11.6 Å². The number of anilines is 1. The van der Waals surface area contributed by atoms with Crippen LogP contribution < -0.4 is 10.1 Å². The fourth-order valence-corrected chi connectivity index (χ4v) is 2.67. The third-order valence-corrected chi connectivity index (χ3v) is 4.01. The number of hydrogen-bond acceptors (Lipinski definition) is 5. The minimum atomic E-state index is -0.340. The van der Waals surface area contributed by atoms with E-state index >= 15 is 0 Å². The van der Waals surface area contributed by atoms with Crippen molar-refractivity contribution in [3.8, 4) is 17.1 Å². The predicted molar refractivity (Wildman–Crippen MR) is 104 cm³/mol. The van der Waals surface area contributed by atoms with Crippen LogP contribution in [0.3, 0.4) is 0 Å². The molecule has 3 rings (SSSR count). The van der Waals surface area contributed by atoms with Gasteiger partial charge < -0.3 is 14.6 Å². The van der Waals surface area contributed by atoms with Crippen molar-refractivity contribution in [3.63, 3.8) is 0 Å². The summed E-state index contributed by atoms with van der Waals surface area (Å²) in [5.41, 5.74) is 1.21. The molecule has 3 aromatic rings. The second-order valence-electron chi connectivity index (χ2n) is 6.38. The van der Waals surface area contributed by atoms with E-state index in [1.807, 2.05) is 13.8 Å². The summed E-state index contributed by atoms with van der Waals surface area (Å²) in [5.74, 6) is 0.688. The van der Waals surface area contributed by atoms with Gasteiger partial charge in [-0.3, -0.25) is 4.79 Å². The number of nitrogens with one attached hydrogen (secondary N) is 1. The van der Waals surface area contributed by atoms with Crippen LogP contribution >= 0.6 is 11.6 Å². The SMILES string of the molecule is CC(C)Oc1ccc(NC(=O)CCc2nc(-c3ccc(F)cc3)no2)cc1Cl. The monoisotopic (exact) mass is 403 g/mol. The number of nitrogens with zero attached hydrogens (tertiary/aromatic N) is 2. The van der Waals surface area contributed by atoms with Gasteiger partial charge in [-0.2, -0.15) is 4.98 Å².